The minimum Gasteiger partial charge on any atom is -0.308 e. The monoisotopic (exact) mass is 345 g/mol. The van der Waals surface area contributed by atoms with Crippen molar-refractivity contribution in [2.45, 2.75) is 24.9 Å². The molecule has 0 radical (unpaired) electrons. The lowest BCUT2D eigenvalue weighted by Gasteiger charge is -2.52. The Hall–Kier alpha value is -1.39. The predicted molar refractivity (Wildman–Crippen MR) is 103 cm³/mol. The molecule has 1 fully saturated rings. The molecule has 1 saturated heterocycles. The Labute approximate surface area is 151 Å². The van der Waals surface area contributed by atoms with Crippen LogP contribution in [0.3, 0.4) is 0 Å². The second-order valence-corrected chi connectivity index (χ2v) is 6.69. The van der Waals surface area contributed by atoms with Gasteiger partial charge >= 0.3 is 0 Å². The van der Waals surface area contributed by atoms with Crippen LogP contribution in [0.1, 0.15) is 24.0 Å². The average Bonchev–Trinajstić information content (AvgIpc) is 2.58. The van der Waals surface area contributed by atoms with Crippen molar-refractivity contribution in [2.75, 3.05) is 20.6 Å². The minimum atomic E-state index is -0.459. The van der Waals surface area contributed by atoms with Gasteiger partial charge in [-0.15, -0.1) is 12.4 Å². The van der Waals surface area contributed by atoms with E-state index in [0.29, 0.717) is 5.92 Å². The molecule has 0 aromatic heterocycles. The molecule has 24 heavy (non-hydrogen) atoms. The molecule has 3 nitrogen and oxygen atoms in total. The average molecular weight is 346 g/mol. The molecule has 0 bridgehead atoms. The fourth-order valence-electron chi connectivity index (χ4n) is 3.88. The van der Waals surface area contributed by atoms with Crippen LogP contribution >= 0.6 is 12.4 Å². The Kier molecular flexibility index (Phi) is 6.41. The number of hydrogen-bond acceptors (Lipinski definition) is 3. The summed E-state index contributed by atoms with van der Waals surface area (Å²) in [5, 5.41) is 4.49. The van der Waals surface area contributed by atoms with Gasteiger partial charge in [0.05, 0.1) is 0 Å². The molecule has 1 aliphatic heterocycles. The van der Waals surface area contributed by atoms with E-state index in [2.05, 4.69) is 84.8 Å². The largest absolute Gasteiger partial charge is 0.308 e. The van der Waals surface area contributed by atoms with Crippen molar-refractivity contribution in [1.29, 1.82) is 0 Å². The third-order valence-corrected chi connectivity index (χ3v) is 5.02. The molecular formula is C20H28ClN3. The van der Waals surface area contributed by atoms with Gasteiger partial charge in [-0.25, -0.2) is 10.0 Å². The summed E-state index contributed by atoms with van der Waals surface area (Å²) in [5.74, 6) is 0.392. The van der Waals surface area contributed by atoms with Crippen LogP contribution in [0.25, 0.3) is 0 Å². The summed E-state index contributed by atoms with van der Waals surface area (Å²) in [4.78, 5) is 0. The molecule has 0 spiro atoms. The van der Waals surface area contributed by atoms with E-state index in [1.807, 2.05) is 0 Å². The van der Waals surface area contributed by atoms with Crippen LogP contribution < -0.4 is 5.73 Å². The van der Waals surface area contributed by atoms with E-state index in [-0.39, 0.29) is 12.4 Å². The Morgan fingerprint density at radius 1 is 1.04 bits per heavy atom. The molecule has 2 N–H and O–H groups in total. The highest BCUT2D eigenvalue weighted by atomic mass is 35.5. The van der Waals surface area contributed by atoms with Crippen LogP contribution in [0.2, 0.25) is 0 Å². The second-order valence-electron chi connectivity index (χ2n) is 6.69. The molecule has 2 unspecified atom stereocenters. The van der Waals surface area contributed by atoms with Crippen LogP contribution in [-0.2, 0) is 12.1 Å². The van der Waals surface area contributed by atoms with Crippen LogP contribution in [0.4, 0.5) is 0 Å². The van der Waals surface area contributed by atoms with Crippen LogP contribution in [0.5, 0.6) is 0 Å². The van der Waals surface area contributed by atoms with Crippen molar-refractivity contribution in [2.24, 2.45) is 11.7 Å². The Morgan fingerprint density at radius 2 is 1.62 bits per heavy atom. The zero-order valence-electron chi connectivity index (χ0n) is 14.6. The summed E-state index contributed by atoms with van der Waals surface area (Å²) in [6, 6.07) is 21.3. The Balaban J connectivity index is 0.00000208. The topological polar surface area (TPSA) is 32.5 Å². The first-order chi connectivity index (χ1) is 11.1. The van der Waals surface area contributed by atoms with E-state index in [4.69, 9.17) is 5.73 Å². The third-order valence-electron chi connectivity index (χ3n) is 5.02. The van der Waals surface area contributed by atoms with Gasteiger partial charge in [0.25, 0.3) is 0 Å². The standard InChI is InChI=1S/C20H27N3.ClH/c1-22(2)23-15-9-14-19(16-17-10-5-3-6-11-17)20(23,21)18-12-7-4-8-13-18;/h3-8,10-13,19H,9,14-16,21H2,1-2H3;1H. The maximum absolute atomic E-state index is 7.10. The van der Waals surface area contributed by atoms with E-state index in [1.54, 1.807) is 0 Å². The van der Waals surface area contributed by atoms with Gasteiger partial charge in [0, 0.05) is 20.6 Å². The van der Waals surface area contributed by atoms with E-state index in [0.717, 1.165) is 19.4 Å². The Morgan fingerprint density at radius 3 is 2.21 bits per heavy atom. The van der Waals surface area contributed by atoms with Gasteiger partial charge in [-0.2, -0.15) is 0 Å². The van der Waals surface area contributed by atoms with Crippen LogP contribution in [0, 0.1) is 5.92 Å². The number of rotatable bonds is 4. The number of nitrogens with zero attached hydrogens (tertiary/aromatic N) is 2. The van der Waals surface area contributed by atoms with Gasteiger partial charge in [-0.3, -0.25) is 0 Å². The minimum absolute atomic E-state index is 0. The number of piperidine rings is 1. The quantitative estimate of drug-likeness (QED) is 0.918. The van der Waals surface area contributed by atoms with Crippen molar-refractivity contribution in [3.63, 3.8) is 0 Å². The molecule has 1 aliphatic rings. The highest BCUT2D eigenvalue weighted by Gasteiger charge is 2.45. The van der Waals surface area contributed by atoms with E-state index in [9.17, 15) is 0 Å². The molecule has 4 heteroatoms. The summed E-state index contributed by atoms with van der Waals surface area (Å²) >= 11 is 0. The fourth-order valence-corrected chi connectivity index (χ4v) is 3.88. The molecule has 2 aromatic rings. The molecule has 0 amide bonds. The maximum Gasteiger partial charge on any atom is 0.111 e. The number of nitrogens with two attached hydrogens (primary N) is 1. The zero-order valence-corrected chi connectivity index (χ0v) is 15.4. The van der Waals surface area contributed by atoms with Crippen molar-refractivity contribution < 1.29 is 0 Å². The first-order valence-corrected chi connectivity index (χ1v) is 8.45. The summed E-state index contributed by atoms with van der Waals surface area (Å²) in [6.07, 6.45) is 3.35. The van der Waals surface area contributed by atoms with E-state index < -0.39 is 5.66 Å². The van der Waals surface area contributed by atoms with E-state index >= 15 is 0 Å². The third kappa shape index (κ3) is 3.65. The van der Waals surface area contributed by atoms with Gasteiger partial charge in [0.1, 0.15) is 5.66 Å². The molecule has 0 aliphatic carbocycles. The number of halogens is 1. The smallest absolute Gasteiger partial charge is 0.111 e. The van der Waals surface area contributed by atoms with Crippen molar-refractivity contribution in [3.05, 3.63) is 71.8 Å². The summed E-state index contributed by atoms with van der Waals surface area (Å²) in [5.41, 5.74) is 9.21. The molecule has 2 atom stereocenters. The lowest BCUT2D eigenvalue weighted by Crippen LogP contribution is -2.65. The van der Waals surface area contributed by atoms with Gasteiger partial charge in [0.15, 0.2) is 0 Å². The molecule has 3 rings (SSSR count). The predicted octanol–water partition coefficient (Wildman–Crippen LogP) is 3.65. The number of hydrogen-bond donors (Lipinski definition) is 1. The first kappa shape index (κ1) is 18.9. The molecule has 130 valence electrons. The SMILES string of the molecule is CN(C)N1CCCC(Cc2ccccc2)C1(N)c1ccccc1.Cl. The van der Waals surface area contributed by atoms with Gasteiger partial charge < -0.3 is 5.73 Å². The van der Waals surface area contributed by atoms with Gasteiger partial charge in [0.2, 0.25) is 0 Å². The van der Waals surface area contributed by atoms with Crippen LogP contribution in [-0.4, -0.2) is 30.7 Å². The Bertz CT molecular complexity index is 617. The molecule has 0 saturated carbocycles. The van der Waals surface area contributed by atoms with E-state index in [1.165, 1.54) is 17.5 Å². The second kappa shape index (κ2) is 8.13. The highest BCUT2D eigenvalue weighted by Crippen LogP contribution is 2.40. The summed E-state index contributed by atoms with van der Waals surface area (Å²) < 4.78 is 0. The molecule has 1 heterocycles. The normalized spacial score (nSPS) is 24.6. The number of hydrazine groups is 1. The summed E-state index contributed by atoms with van der Waals surface area (Å²) in [7, 11) is 4.19. The highest BCUT2D eigenvalue weighted by molar-refractivity contribution is 5.85. The molecule has 2 aromatic carbocycles. The maximum atomic E-state index is 7.10. The van der Waals surface area contributed by atoms with Crippen LogP contribution in [0.15, 0.2) is 60.7 Å². The fraction of sp³-hybridized carbons (Fsp3) is 0.400. The lowest BCUT2D eigenvalue weighted by molar-refractivity contribution is -0.133. The summed E-state index contributed by atoms with van der Waals surface area (Å²) in [6.45, 7) is 1.00. The van der Waals surface area contributed by atoms with Gasteiger partial charge in [-0.1, -0.05) is 60.7 Å². The van der Waals surface area contributed by atoms with Crippen molar-refractivity contribution >= 4 is 12.4 Å². The van der Waals surface area contributed by atoms with Gasteiger partial charge in [-0.05, 0) is 36.3 Å². The molecular weight excluding hydrogens is 318 g/mol. The number of benzene rings is 2. The lowest BCUT2D eigenvalue weighted by atomic mass is 9.76. The zero-order chi connectivity index (χ0) is 16.3. The van der Waals surface area contributed by atoms with Crippen molar-refractivity contribution in [3.8, 4) is 0 Å². The van der Waals surface area contributed by atoms with Crippen molar-refractivity contribution in [1.82, 2.24) is 10.0 Å². The first-order valence-electron chi connectivity index (χ1n) is 8.45.